The first kappa shape index (κ1) is 21.1. The summed E-state index contributed by atoms with van der Waals surface area (Å²) in [6, 6.07) is 11.4. The molecule has 29 heavy (non-hydrogen) atoms. The fourth-order valence-electron chi connectivity index (χ4n) is 2.59. The Morgan fingerprint density at radius 1 is 1.21 bits per heavy atom. The van der Waals surface area contributed by atoms with E-state index in [1.54, 1.807) is 10.8 Å². The Bertz CT molecular complexity index is 962. The largest absolute Gasteiger partial charge is 0.490 e. The molecule has 0 bridgehead atoms. The Morgan fingerprint density at radius 3 is 2.69 bits per heavy atom. The highest BCUT2D eigenvalue weighted by molar-refractivity contribution is 9.10. The van der Waals surface area contributed by atoms with E-state index >= 15 is 0 Å². The van der Waals surface area contributed by atoms with Crippen molar-refractivity contribution in [1.29, 1.82) is 0 Å². The molecule has 0 radical (unpaired) electrons. The van der Waals surface area contributed by atoms with Gasteiger partial charge in [0, 0.05) is 16.0 Å². The third kappa shape index (κ3) is 5.71. The second-order valence-corrected chi connectivity index (χ2v) is 7.36. The van der Waals surface area contributed by atoms with Crippen LogP contribution in [0.3, 0.4) is 0 Å². The van der Waals surface area contributed by atoms with Gasteiger partial charge in [0.2, 0.25) is 5.95 Å². The lowest BCUT2D eigenvalue weighted by Crippen LogP contribution is -2.09. The SMILES string of the molecule is C=CCn1nnnc1NCc1cc(OCC)c(OCc2ccc(Cl)cc2)cc1Br. The van der Waals surface area contributed by atoms with Gasteiger partial charge >= 0.3 is 0 Å². The first-order valence-corrected chi connectivity index (χ1v) is 10.2. The summed E-state index contributed by atoms with van der Waals surface area (Å²) in [5.74, 6) is 1.90. The van der Waals surface area contributed by atoms with Crippen LogP contribution in [0.1, 0.15) is 18.1 Å². The van der Waals surface area contributed by atoms with Crippen molar-refractivity contribution in [3.8, 4) is 11.5 Å². The van der Waals surface area contributed by atoms with E-state index in [9.17, 15) is 0 Å². The quantitative estimate of drug-likeness (QED) is 0.419. The van der Waals surface area contributed by atoms with Gasteiger partial charge < -0.3 is 14.8 Å². The Balaban J connectivity index is 1.73. The molecule has 3 aromatic rings. The van der Waals surface area contributed by atoms with Gasteiger partial charge in [-0.05, 0) is 52.7 Å². The average Bonchev–Trinajstić information content (AvgIpc) is 3.15. The van der Waals surface area contributed by atoms with Crippen molar-refractivity contribution >= 4 is 33.5 Å². The second-order valence-electron chi connectivity index (χ2n) is 6.07. The van der Waals surface area contributed by atoms with E-state index < -0.39 is 0 Å². The highest BCUT2D eigenvalue weighted by Gasteiger charge is 2.13. The van der Waals surface area contributed by atoms with Crippen LogP contribution in [-0.4, -0.2) is 26.8 Å². The van der Waals surface area contributed by atoms with Crippen molar-refractivity contribution < 1.29 is 9.47 Å². The number of aromatic nitrogens is 4. The number of hydrogen-bond acceptors (Lipinski definition) is 6. The molecular weight excluding hydrogens is 458 g/mol. The maximum atomic E-state index is 5.99. The van der Waals surface area contributed by atoms with Crippen LogP contribution in [0.2, 0.25) is 5.02 Å². The maximum Gasteiger partial charge on any atom is 0.243 e. The Hall–Kier alpha value is -2.58. The normalized spacial score (nSPS) is 10.6. The number of benzene rings is 2. The van der Waals surface area contributed by atoms with Crippen LogP contribution in [0.5, 0.6) is 11.5 Å². The van der Waals surface area contributed by atoms with Gasteiger partial charge in [0.25, 0.3) is 0 Å². The van der Waals surface area contributed by atoms with Gasteiger partial charge in [-0.1, -0.05) is 50.8 Å². The van der Waals surface area contributed by atoms with Crippen LogP contribution in [0.25, 0.3) is 0 Å². The molecular formula is C20H21BrClN5O2. The second kappa shape index (κ2) is 10.3. The van der Waals surface area contributed by atoms with Crippen LogP contribution in [-0.2, 0) is 19.7 Å². The number of ether oxygens (including phenoxy) is 2. The van der Waals surface area contributed by atoms with Gasteiger partial charge in [-0.2, -0.15) is 0 Å². The zero-order valence-electron chi connectivity index (χ0n) is 15.9. The standard InChI is InChI=1S/C20H21BrClN5O2/c1-3-9-27-20(24-25-26-27)23-12-15-10-18(28-4-2)19(11-17(15)21)29-13-14-5-7-16(22)8-6-14/h3,5-8,10-11H,1,4,9,12-13H2,2H3,(H,23,24,26). The first-order valence-electron chi connectivity index (χ1n) is 9.04. The van der Waals surface area contributed by atoms with E-state index in [2.05, 4.69) is 43.4 Å². The smallest absolute Gasteiger partial charge is 0.243 e. The molecule has 0 aliphatic heterocycles. The summed E-state index contributed by atoms with van der Waals surface area (Å²) in [5, 5.41) is 15.5. The van der Waals surface area contributed by atoms with Gasteiger partial charge in [-0.15, -0.1) is 6.58 Å². The molecule has 0 saturated heterocycles. The average molecular weight is 479 g/mol. The number of anilines is 1. The summed E-state index contributed by atoms with van der Waals surface area (Å²) < 4.78 is 14.3. The third-order valence-electron chi connectivity index (χ3n) is 3.99. The van der Waals surface area contributed by atoms with Crippen molar-refractivity contribution in [3.63, 3.8) is 0 Å². The third-order valence-corrected chi connectivity index (χ3v) is 4.98. The predicted octanol–water partition coefficient (Wildman–Crippen LogP) is 4.86. The van der Waals surface area contributed by atoms with E-state index in [0.29, 0.717) is 48.8 Å². The van der Waals surface area contributed by atoms with Crippen molar-refractivity contribution in [2.45, 2.75) is 26.6 Å². The van der Waals surface area contributed by atoms with Crippen LogP contribution in [0.15, 0.2) is 53.5 Å². The summed E-state index contributed by atoms with van der Waals surface area (Å²) in [6.07, 6.45) is 1.73. The Labute approximate surface area is 182 Å². The monoisotopic (exact) mass is 477 g/mol. The molecule has 0 amide bonds. The lowest BCUT2D eigenvalue weighted by molar-refractivity contribution is 0.269. The molecule has 0 atom stereocenters. The summed E-state index contributed by atoms with van der Waals surface area (Å²) in [5.41, 5.74) is 2.01. The van der Waals surface area contributed by atoms with Gasteiger partial charge in [0.15, 0.2) is 11.5 Å². The number of nitrogens with zero attached hydrogens (tertiary/aromatic N) is 4. The fourth-order valence-corrected chi connectivity index (χ4v) is 3.17. The van der Waals surface area contributed by atoms with Crippen LogP contribution < -0.4 is 14.8 Å². The minimum Gasteiger partial charge on any atom is -0.490 e. The molecule has 3 rings (SSSR count). The lowest BCUT2D eigenvalue weighted by Gasteiger charge is -2.15. The lowest BCUT2D eigenvalue weighted by atomic mass is 10.2. The fraction of sp³-hybridized carbons (Fsp3) is 0.250. The topological polar surface area (TPSA) is 74.1 Å². The molecule has 2 aromatic carbocycles. The zero-order valence-corrected chi connectivity index (χ0v) is 18.3. The van der Waals surface area contributed by atoms with Gasteiger partial charge in [-0.3, -0.25) is 0 Å². The van der Waals surface area contributed by atoms with Crippen LogP contribution >= 0.6 is 27.5 Å². The number of rotatable bonds is 10. The van der Waals surface area contributed by atoms with Gasteiger partial charge in [0.05, 0.1) is 13.2 Å². The van der Waals surface area contributed by atoms with E-state index in [-0.39, 0.29) is 0 Å². The molecule has 0 aliphatic rings. The number of nitrogens with one attached hydrogen (secondary N) is 1. The highest BCUT2D eigenvalue weighted by atomic mass is 79.9. The number of halogens is 2. The number of allylic oxidation sites excluding steroid dienone is 1. The molecule has 152 valence electrons. The van der Waals surface area contributed by atoms with Crippen molar-refractivity contribution in [3.05, 3.63) is 69.7 Å². The number of tetrazole rings is 1. The maximum absolute atomic E-state index is 5.99. The highest BCUT2D eigenvalue weighted by Crippen LogP contribution is 2.34. The minimum absolute atomic E-state index is 0.414. The van der Waals surface area contributed by atoms with E-state index in [0.717, 1.165) is 15.6 Å². The molecule has 1 heterocycles. The van der Waals surface area contributed by atoms with Crippen molar-refractivity contribution in [1.82, 2.24) is 20.2 Å². The molecule has 9 heteroatoms. The predicted molar refractivity (Wildman–Crippen MR) is 116 cm³/mol. The summed E-state index contributed by atoms with van der Waals surface area (Å²) >= 11 is 9.55. The Kier molecular flexibility index (Phi) is 7.48. The molecule has 7 nitrogen and oxygen atoms in total. The molecule has 1 N–H and O–H groups in total. The molecule has 0 saturated carbocycles. The van der Waals surface area contributed by atoms with Crippen molar-refractivity contribution in [2.75, 3.05) is 11.9 Å². The molecule has 1 aromatic heterocycles. The van der Waals surface area contributed by atoms with E-state index in [4.69, 9.17) is 21.1 Å². The summed E-state index contributed by atoms with van der Waals surface area (Å²) in [6.45, 7) is 7.62. The molecule has 0 spiro atoms. The molecule has 0 fully saturated rings. The van der Waals surface area contributed by atoms with Gasteiger partial charge in [-0.25, -0.2) is 4.68 Å². The minimum atomic E-state index is 0.414. The number of hydrogen-bond donors (Lipinski definition) is 1. The van der Waals surface area contributed by atoms with E-state index in [1.165, 1.54) is 0 Å². The molecule has 0 unspecified atom stereocenters. The first-order chi connectivity index (χ1) is 14.1. The molecule has 0 aliphatic carbocycles. The van der Waals surface area contributed by atoms with Crippen molar-refractivity contribution in [2.24, 2.45) is 0 Å². The zero-order chi connectivity index (χ0) is 20.6. The summed E-state index contributed by atoms with van der Waals surface area (Å²) in [7, 11) is 0. The van der Waals surface area contributed by atoms with E-state index in [1.807, 2.05) is 43.3 Å². The van der Waals surface area contributed by atoms with Crippen LogP contribution in [0.4, 0.5) is 5.95 Å². The Morgan fingerprint density at radius 2 is 1.97 bits per heavy atom. The van der Waals surface area contributed by atoms with Gasteiger partial charge in [0.1, 0.15) is 6.61 Å². The summed E-state index contributed by atoms with van der Waals surface area (Å²) in [4.78, 5) is 0. The van der Waals surface area contributed by atoms with Crippen LogP contribution in [0, 0.1) is 0 Å².